The molecule has 1 aromatic heterocycles. The van der Waals surface area contributed by atoms with Gasteiger partial charge in [0.2, 0.25) is 11.8 Å². The van der Waals surface area contributed by atoms with E-state index in [9.17, 15) is 14.4 Å². The zero-order valence-corrected chi connectivity index (χ0v) is 16.3. The molecule has 0 aromatic carbocycles. The van der Waals surface area contributed by atoms with E-state index >= 15 is 0 Å². The van der Waals surface area contributed by atoms with Gasteiger partial charge in [-0.2, -0.15) is 0 Å². The van der Waals surface area contributed by atoms with Crippen molar-refractivity contribution < 1.29 is 14.4 Å². The lowest BCUT2D eigenvalue weighted by Crippen LogP contribution is -2.54. The van der Waals surface area contributed by atoms with Crippen molar-refractivity contribution in [2.24, 2.45) is 5.41 Å². The Morgan fingerprint density at radius 3 is 2.57 bits per heavy atom. The van der Waals surface area contributed by atoms with Crippen molar-refractivity contribution in [3.8, 4) is 0 Å². The van der Waals surface area contributed by atoms with Gasteiger partial charge in [0.15, 0.2) is 0 Å². The molecule has 3 aliphatic rings. The highest BCUT2D eigenvalue weighted by Gasteiger charge is 2.43. The topological polar surface area (TPSA) is 85.8 Å². The van der Waals surface area contributed by atoms with Gasteiger partial charge in [0.1, 0.15) is 6.04 Å². The minimum absolute atomic E-state index is 0.00748. The van der Waals surface area contributed by atoms with E-state index in [2.05, 4.69) is 10.3 Å². The summed E-state index contributed by atoms with van der Waals surface area (Å²) in [6, 6.07) is 3.26. The molecular weight excluding hydrogens is 358 g/mol. The standard InChI is InChI=1S/C20H27N5O3/c1-23-13-16(22-19(23)28)18(27)24-10-6-20(7-11-24)5-2-17(26)25(14-20)12-15-3-8-21-9-4-15/h3-4,8-9,16H,2,5-7,10-14H2,1H3,(H,22,28)/t16-/m0/s1. The number of carbonyl (C=O) groups excluding carboxylic acids is 3. The average molecular weight is 385 g/mol. The van der Waals surface area contributed by atoms with Crippen LogP contribution in [0.3, 0.4) is 0 Å². The van der Waals surface area contributed by atoms with E-state index in [0.29, 0.717) is 32.6 Å². The Balaban J connectivity index is 1.36. The van der Waals surface area contributed by atoms with E-state index in [4.69, 9.17) is 0 Å². The molecule has 4 rings (SSSR count). The smallest absolute Gasteiger partial charge is 0.317 e. The van der Waals surface area contributed by atoms with Gasteiger partial charge in [0, 0.05) is 52.0 Å². The van der Waals surface area contributed by atoms with Crippen LogP contribution < -0.4 is 5.32 Å². The zero-order valence-electron chi connectivity index (χ0n) is 16.3. The molecule has 1 aromatic rings. The SMILES string of the molecule is CN1C[C@@H](C(=O)N2CCC3(CCC(=O)N(Cc4ccncc4)C3)CC2)NC1=O. The highest BCUT2D eigenvalue weighted by molar-refractivity contribution is 5.90. The summed E-state index contributed by atoms with van der Waals surface area (Å²) < 4.78 is 0. The van der Waals surface area contributed by atoms with Crippen LogP contribution >= 0.6 is 0 Å². The molecule has 4 amide bonds. The maximum Gasteiger partial charge on any atom is 0.317 e. The van der Waals surface area contributed by atoms with Crippen LogP contribution in [0.2, 0.25) is 0 Å². The van der Waals surface area contributed by atoms with Crippen LogP contribution in [0, 0.1) is 5.41 Å². The molecule has 28 heavy (non-hydrogen) atoms. The maximum absolute atomic E-state index is 12.7. The number of amides is 4. The first kappa shape index (κ1) is 18.7. The van der Waals surface area contributed by atoms with Crippen molar-refractivity contribution in [3.63, 3.8) is 0 Å². The Hall–Kier alpha value is -2.64. The molecule has 4 heterocycles. The summed E-state index contributed by atoms with van der Waals surface area (Å²) in [5.41, 5.74) is 1.18. The van der Waals surface area contributed by atoms with Crippen molar-refractivity contribution in [2.45, 2.75) is 38.3 Å². The Kier molecular flexibility index (Phi) is 4.95. The molecule has 0 radical (unpaired) electrons. The van der Waals surface area contributed by atoms with Gasteiger partial charge in [-0.3, -0.25) is 14.6 Å². The first-order valence-electron chi connectivity index (χ1n) is 9.93. The van der Waals surface area contributed by atoms with Crippen LogP contribution in [0.4, 0.5) is 4.79 Å². The first-order chi connectivity index (χ1) is 13.5. The van der Waals surface area contributed by atoms with E-state index in [1.807, 2.05) is 21.9 Å². The van der Waals surface area contributed by atoms with Crippen LogP contribution in [0.15, 0.2) is 24.5 Å². The Morgan fingerprint density at radius 2 is 1.93 bits per heavy atom. The third-order valence-corrected chi connectivity index (χ3v) is 6.41. The predicted octanol–water partition coefficient (Wildman–Crippen LogP) is 0.836. The quantitative estimate of drug-likeness (QED) is 0.835. The average Bonchev–Trinajstić information content (AvgIpc) is 3.04. The Labute approximate surface area is 164 Å². The second kappa shape index (κ2) is 7.41. The van der Waals surface area contributed by atoms with Crippen LogP contribution in [-0.4, -0.2) is 76.8 Å². The van der Waals surface area contributed by atoms with E-state index in [1.54, 1.807) is 19.4 Å². The lowest BCUT2D eigenvalue weighted by atomic mass is 9.72. The van der Waals surface area contributed by atoms with Crippen molar-refractivity contribution in [3.05, 3.63) is 30.1 Å². The summed E-state index contributed by atoms with van der Waals surface area (Å²) in [4.78, 5) is 46.2. The zero-order chi connectivity index (χ0) is 19.7. The summed E-state index contributed by atoms with van der Waals surface area (Å²) >= 11 is 0. The van der Waals surface area contributed by atoms with Gasteiger partial charge in [0.25, 0.3) is 0 Å². The number of hydrogen-bond acceptors (Lipinski definition) is 4. The number of nitrogens with one attached hydrogen (secondary N) is 1. The number of pyridine rings is 1. The van der Waals surface area contributed by atoms with Gasteiger partial charge >= 0.3 is 6.03 Å². The minimum atomic E-state index is -0.442. The molecule has 0 unspecified atom stereocenters. The number of likely N-dealkylation sites (tertiary alicyclic amines) is 2. The molecule has 0 bridgehead atoms. The number of likely N-dealkylation sites (N-methyl/N-ethyl adjacent to an activating group) is 1. The lowest BCUT2D eigenvalue weighted by molar-refractivity contribution is -0.143. The van der Waals surface area contributed by atoms with Crippen LogP contribution in [-0.2, 0) is 16.1 Å². The third kappa shape index (κ3) is 3.68. The third-order valence-electron chi connectivity index (χ3n) is 6.41. The largest absolute Gasteiger partial charge is 0.341 e. The van der Waals surface area contributed by atoms with Crippen LogP contribution in [0.5, 0.6) is 0 Å². The number of urea groups is 1. The Bertz CT molecular complexity index is 760. The first-order valence-corrected chi connectivity index (χ1v) is 9.93. The molecule has 8 heteroatoms. The van der Waals surface area contributed by atoms with Crippen molar-refractivity contribution in [2.75, 3.05) is 33.2 Å². The fourth-order valence-electron chi connectivity index (χ4n) is 4.59. The number of nitrogens with zero attached hydrogens (tertiary/aromatic N) is 4. The van der Waals surface area contributed by atoms with Gasteiger partial charge < -0.3 is 20.0 Å². The number of piperidine rings is 2. The van der Waals surface area contributed by atoms with E-state index in [0.717, 1.165) is 31.4 Å². The van der Waals surface area contributed by atoms with Crippen molar-refractivity contribution >= 4 is 17.8 Å². The van der Waals surface area contributed by atoms with Gasteiger partial charge in [-0.05, 0) is 42.4 Å². The molecule has 3 fully saturated rings. The van der Waals surface area contributed by atoms with Gasteiger partial charge in [-0.15, -0.1) is 0 Å². The van der Waals surface area contributed by atoms with Gasteiger partial charge in [0.05, 0.1) is 6.54 Å². The summed E-state index contributed by atoms with van der Waals surface area (Å²) in [7, 11) is 1.70. The van der Waals surface area contributed by atoms with E-state index < -0.39 is 6.04 Å². The fraction of sp³-hybridized carbons (Fsp3) is 0.600. The molecule has 1 atom stereocenters. The van der Waals surface area contributed by atoms with Gasteiger partial charge in [-0.1, -0.05) is 0 Å². The molecule has 0 saturated carbocycles. The second-order valence-electron chi connectivity index (χ2n) is 8.31. The molecule has 3 aliphatic heterocycles. The highest BCUT2D eigenvalue weighted by Crippen LogP contribution is 2.40. The lowest BCUT2D eigenvalue weighted by Gasteiger charge is -2.47. The van der Waals surface area contributed by atoms with Crippen LogP contribution in [0.25, 0.3) is 0 Å². The molecular formula is C20H27N5O3. The maximum atomic E-state index is 12.7. The number of hydrogen-bond donors (Lipinski definition) is 1. The van der Waals surface area contributed by atoms with Crippen molar-refractivity contribution in [1.29, 1.82) is 0 Å². The van der Waals surface area contributed by atoms with E-state index in [1.165, 1.54) is 4.90 Å². The predicted molar refractivity (Wildman–Crippen MR) is 102 cm³/mol. The minimum Gasteiger partial charge on any atom is -0.341 e. The fourth-order valence-corrected chi connectivity index (χ4v) is 4.59. The summed E-state index contributed by atoms with van der Waals surface area (Å²) in [5.74, 6) is 0.214. The molecule has 0 aliphatic carbocycles. The number of aromatic nitrogens is 1. The molecule has 150 valence electrons. The molecule has 1 spiro atoms. The summed E-state index contributed by atoms with van der Waals surface area (Å²) in [5, 5.41) is 2.75. The summed E-state index contributed by atoms with van der Waals surface area (Å²) in [6.45, 7) is 3.16. The van der Waals surface area contributed by atoms with Crippen molar-refractivity contribution in [1.82, 2.24) is 25.0 Å². The molecule has 3 saturated heterocycles. The second-order valence-corrected chi connectivity index (χ2v) is 8.31. The van der Waals surface area contributed by atoms with E-state index in [-0.39, 0.29) is 23.3 Å². The number of rotatable bonds is 3. The molecule has 8 nitrogen and oxygen atoms in total. The van der Waals surface area contributed by atoms with Gasteiger partial charge in [-0.25, -0.2) is 4.79 Å². The highest BCUT2D eigenvalue weighted by atomic mass is 16.2. The Morgan fingerprint density at radius 1 is 1.21 bits per heavy atom. The number of carbonyl (C=O) groups is 3. The summed E-state index contributed by atoms with van der Waals surface area (Å²) in [6.07, 6.45) is 6.77. The molecule has 1 N–H and O–H groups in total. The van der Waals surface area contributed by atoms with Crippen LogP contribution in [0.1, 0.15) is 31.2 Å². The monoisotopic (exact) mass is 385 g/mol. The normalized spacial score (nSPS) is 24.6.